The number of carbonyl (C=O) groups excluding carboxylic acids is 1. The van der Waals surface area contributed by atoms with E-state index in [9.17, 15) is 18.0 Å². The maximum Gasteiger partial charge on any atom is 0.422 e. The normalized spacial score (nSPS) is 11.1. The number of halogens is 5. The number of hydrogen-bond acceptors (Lipinski definition) is 2. The molecule has 1 aromatic rings. The van der Waals surface area contributed by atoms with E-state index in [0.29, 0.717) is 10.2 Å². The zero-order chi connectivity index (χ0) is 13.1. The first-order chi connectivity index (χ1) is 7.78. The van der Waals surface area contributed by atoms with Crippen molar-refractivity contribution in [2.45, 2.75) is 6.18 Å². The van der Waals surface area contributed by atoms with E-state index < -0.39 is 18.9 Å². The molecule has 0 fully saturated rings. The largest absolute Gasteiger partial charge is 0.440 e. The van der Waals surface area contributed by atoms with Gasteiger partial charge in [0.2, 0.25) is 0 Å². The van der Waals surface area contributed by atoms with Crippen molar-refractivity contribution in [3.63, 3.8) is 0 Å². The van der Waals surface area contributed by atoms with Gasteiger partial charge in [0.1, 0.15) is 0 Å². The quantitative estimate of drug-likeness (QED) is 0.834. The van der Waals surface area contributed by atoms with Gasteiger partial charge in [-0.05, 0) is 34.1 Å². The minimum atomic E-state index is -4.53. The number of carbonyl (C=O) groups is 1. The van der Waals surface area contributed by atoms with Crippen LogP contribution in [0.4, 0.5) is 23.7 Å². The van der Waals surface area contributed by atoms with Crippen molar-refractivity contribution in [1.82, 2.24) is 0 Å². The monoisotopic (exact) mass is 375 g/mol. The first kappa shape index (κ1) is 14.3. The lowest BCUT2D eigenvalue weighted by atomic mass is 10.3. The van der Waals surface area contributed by atoms with Gasteiger partial charge in [0, 0.05) is 8.95 Å². The summed E-state index contributed by atoms with van der Waals surface area (Å²) in [5.74, 6) is 0. The van der Waals surface area contributed by atoms with Crippen LogP contribution in [0.15, 0.2) is 27.1 Å². The fourth-order valence-corrected chi connectivity index (χ4v) is 2.03. The Bertz CT molecular complexity index is 423. The first-order valence-electron chi connectivity index (χ1n) is 4.23. The fourth-order valence-electron chi connectivity index (χ4n) is 0.884. The standard InChI is InChI=1S/C9H6Br2F3NO2/c10-5-1-2-7(6(11)3-5)15-8(16)17-4-9(12,13)14/h1-3H,4H2,(H,15,16). The Balaban J connectivity index is 2.57. The van der Waals surface area contributed by atoms with Crippen molar-refractivity contribution in [3.8, 4) is 0 Å². The van der Waals surface area contributed by atoms with Crippen molar-refractivity contribution in [2.75, 3.05) is 11.9 Å². The van der Waals surface area contributed by atoms with Gasteiger partial charge in [-0.15, -0.1) is 0 Å². The second-order valence-electron chi connectivity index (χ2n) is 2.94. The average molecular weight is 377 g/mol. The maximum atomic E-state index is 11.8. The molecule has 0 aromatic heterocycles. The highest BCUT2D eigenvalue weighted by Gasteiger charge is 2.29. The number of ether oxygens (including phenoxy) is 1. The highest BCUT2D eigenvalue weighted by atomic mass is 79.9. The Morgan fingerprint density at radius 2 is 2.00 bits per heavy atom. The molecule has 1 amide bonds. The fraction of sp³-hybridized carbons (Fsp3) is 0.222. The molecule has 0 heterocycles. The topological polar surface area (TPSA) is 38.3 Å². The van der Waals surface area contributed by atoms with Crippen LogP contribution in [0, 0.1) is 0 Å². The summed E-state index contributed by atoms with van der Waals surface area (Å²) in [6.45, 7) is -1.62. The molecule has 1 aromatic carbocycles. The number of hydrogen-bond donors (Lipinski definition) is 1. The van der Waals surface area contributed by atoms with Gasteiger partial charge in [0.15, 0.2) is 6.61 Å². The van der Waals surface area contributed by atoms with Gasteiger partial charge >= 0.3 is 12.3 Å². The van der Waals surface area contributed by atoms with Crippen LogP contribution in [-0.4, -0.2) is 18.9 Å². The third kappa shape index (κ3) is 5.40. The molecule has 0 saturated carbocycles. The van der Waals surface area contributed by atoms with Gasteiger partial charge in [-0.2, -0.15) is 13.2 Å². The van der Waals surface area contributed by atoms with Crippen LogP contribution in [0.5, 0.6) is 0 Å². The Morgan fingerprint density at radius 3 is 2.53 bits per heavy atom. The average Bonchev–Trinajstić information content (AvgIpc) is 2.18. The second kappa shape index (κ2) is 5.72. The van der Waals surface area contributed by atoms with Gasteiger partial charge < -0.3 is 4.74 Å². The summed E-state index contributed by atoms with van der Waals surface area (Å²) in [6.07, 6.45) is -5.70. The minimum Gasteiger partial charge on any atom is -0.440 e. The van der Waals surface area contributed by atoms with Crippen molar-refractivity contribution in [3.05, 3.63) is 27.1 Å². The SMILES string of the molecule is O=C(Nc1ccc(Br)cc1Br)OCC(F)(F)F. The lowest BCUT2D eigenvalue weighted by Gasteiger charge is -2.10. The van der Waals surface area contributed by atoms with Crippen molar-refractivity contribution in [2.24, 2.45) is 0 Å². The number of amides is 1. The van der Waals surface area contributed by atoms with Gasteiger partial charge in [0.05, 0.1) is 5.69 Å². The minimum absolute atomic E-state index is 0.320. The van der Waals surface area contributed by atoms with E-state index in [1.807, 2.05) is 0 Å². The number of rotatable bonds is 2. The predicted molar refractivity (Wildman–Crippen MR) is 62.9 cm³/mol. The molecule has 0 unspecified atom stereocenters. The van der Waals surface area contributed by atoms with Gasteiger partial charge in [-0.25, -0.2) is 4.79 Å². The number of anilines is 1. The Kier molecular flexibility index (Phi) is 4.81. The van der Waals surface area contributed by atoms with Crippen LogP contribution in [0.2, 0.25) is 0 Å². The summed E-state index contributed by atoms with van der Waals surface area (Å²) in [5.41, 5.74) is 0.320. The highest BCUT2D eigenvalue weighted by Crippen LogP contribution is 2.26. The van der Waals surface area contributed by atoms with Gasteiger partial charge in [-0.3, -0.25) is 5.32 Å². The van der Waals surface area contributed by atoms with Crippen molar-refractivity contribution < 1.29 is 22.7 Å². The van der Waals surface area contributed by atoms with Crippen LogP contribution < -0.4 is 5.32 Å². The van der Waals surface area contributed by atoms with E-state index >= 15 is 0 Å². The zero-order valence-electron chi connectivity index (χ0n) is 8.15. The summed E-state index contributed by atoms with van der Waals surface area (Å²) < 4.78 is 40.6. The molecular formula is C9H6Br2F3NO2. The number of benzene rings is 1. The second-order valence-corrected chi connectivity index (χ2v) is 4.71. The molecule has 0 aliphatic heterocycles. The van der Waals surface area contributed by atoms with Crippen LogP contribution in [-0.2, 0) is 4.74 Å². The maximum absolute atomic E-state index is 11.8. The van der Waals surface area contributed by atoms with E-state index in [-0.39, 0.29) is 0 Å². The molecular weight excluding hydrogens is 371 g/mol. The van der Waals surface area contributed by atoms with E-state index in [4.69, 9.17) is 0 Å². The third-order valence-corrected chi connectivity index (χ3v) is 2.68. The third-order valence-electron chi connectivity index (χ3n) is 1.53. The van der Waals surface area contributed by atoms with Gasteiger partial charge in [-0.1, -0.05) is 15.9 Å². The highest BCUT2D eigenvalue weighted by molar-refractivity contribution is 9.11. The molecule has 17 heavy (non-hydrogen) atoms. The molecule has 0 aliphatic rings. The summed E-state index contributed by atoms with van der Waals surface area (Å²) in [7, 11) is 0. The molecule has 8 heteroatoms. The van der Waals surface area contributed by atoms with Crippen LogP contribution in [0.1, 0.15) is 0 Å². The smallest absolute Gasteiger partial charge is 0.422 e. The van der Waals surface area contributed by atoms with Crippen LogP contribution in [0.3, 0.4) is 0 Å². The summed E-state index contributed by atoms with van der Waals surface area (Å²) >= 11 is 6.34. The molecule has 3 nitrogen and oxygen atoms in total. The zero-order valence-corrected chi connectivity index (χ0v) is 11.3. The van der Waals surface area contributed by atoms with E-state index in [0.717, 1.165) is 4.47 Å². The number of nitrogens with one attached hydrogen (secondary N) is 1. The Morgan fingerprint density at radius 1 is 1.35 bits per heavy atom. The molecule has 1 N–H and O–H groups in total. The molecule has 0 aliphatic carbocycles. The molecule has 0 bridgehead atoms. The molecule has 0 atom stereocenters. The summed E-state index contributed by atoms with van der Waals surface area (Å²) in [5, 5.41) is 2.18. The Hall–Kier alpha value is -0.760. The van der Waals surface area contributed by atoms with E-state index in [2.05, 4.69) is 41.9 Å². The van der Waals surface area contributed by atoms with Crippen molar-refractivity contribution in [1.29, 1.82) is 0 Å². The lowest BCUT2D eigenvalue weighted by Crippen LogP contribution is -2.23. The van der Waals surface area contributed by atoms with E-state index in [1.54, 1.807) is 12.1 Å². The summed E-state index contributed by atoms with van der Waals surface area (Å²) in [4.78, 5) is 11.0. The van der Waals surface area contributed by atoms with Crippen molar-refractivity contribution >= 4 is 43.6 Å². The van der Waals surface area contributed by atoms with Crippen LogP contribution >= 0.6 is 31.9 Å². The Labute approximate surface area is 112 Å². The molecule has 0 radical (unpaired) electrons. The summed E-state index contributed by atoms with van der Waals surface area (Å²) in [6, 6.07) is 4.78. The number of alkyl halides is 3. The van der Waals surface area contributed by atoms with E-state index in [1.165, 1.54) is 6.07 Å². The molecule has 1 rings (SSSR count). The predicted octanol–water partition coefficient (Wildman–Crippen LogP) is 4.32. The lowest BCUT2D eigenvalue weighted by molar-refractivity contribution is -0.159. The van der Waals surface area contributed by atoms with Crippen LogP contribution in [0.25, 0.3) is 0 Å². The molecule has 0 saturated heterocycles. The molecule has 94 valence electrons. The first-order valence-corrected chi connectivity index (χ1v) is 5.82. The molecule has 0 spiro atoms. The van der Waals surface area contributed by atoms with Gasteiger partial charge in [0.25, 0.3) is 0 Å².